The molecule has 622 valence electrons. The molecule has 4 aliphatic heterocycles. The van der Waals surface area contributed by atoms with E-state index >= 15 is 0 Å². The quantitative estimate of drug-likeness (QED) is 0.0315. The average molecular weight is 1640 g/mol. The second-order valence-electron chi connectivity index (χ2n) is 30.6. The van der Waals surface area contributed by atoms with Crippen LogP contribution >= 0.6 is 0 Å². The van der Waals surface area contributed by atoms with Crippen LogP contribution in [0.1, 0.15) is 150 Å². The van der Waals surface area contributed by atoms with Crippen LogP contribution in [0.15, 0.2) is 176 Å². The molecule has 0 saturated carbocycles. The predicted octanol–water partition coefficient (Wildman–Crippen LogP) is 15.4. The van der Waals surface area contributed by atoms with Gasteiger partial charge in [0.25, 0.3) is 0 Å². The molecule has 4 unspecified atom stereocenters. The zero-order valence-electron chi connectivity index (χ0n) is 67.3. The van der Waals surface area contributed by atoms with E-state index in [1.165, 1.54) is 48.5 Å². The van der Waals surface area contributed by atoms with E-state index in [0.717, 1.165) is 139 Å². The van der Waals surface area contributed by atoms with Gasteiger partial charge in [-0.1, -0.05) is 126 Å². The maximum absolute atomic E-state index is 13.4. The molecule has 14 aromatic rings. The molecule has 8 aromatic heterocycles. The van der Waals surface area contributed by atoms with Gasteiger partial charge in [0.15, 0.2) is 23.3 Å². The predicted molar refractivity (Wildman–Crippen MR) is 458 cm³/mol. The molecule has 0 spiro atoms. The number of hydrogen-bond acceptors (Lipinski definition) is 29. The number of nitrogens with zero attached hydrogens (tertiary/aromatic N) is 20. The molecule has 18 rings (SSSR count). The van der Waals surface area contributed by atoms with Crippen LogP contribution in [0.5, 0.6) is 5.75 Å². The highest BCUT2D eigenvalue weighted by Gasteiger charge is 2.34. The van der Waals surface area contributed by atoms with E-state index in [2.05, 4.69) is 176 Å². The molecular weight excluding hydrogens is 1550 g/mol. The zero-order valence-corrected chi connectivity index (χ0v) is 67.3. The molecule has 0 aliphatic carbocycles. The number of rotatable bonds is 20. The first-order valence-corrected chi connectivity index (χ1v) is 39.7. The summed E-state index contributed by atoms with van der Waals surface area (Å²) < 4.78 is 58.6. The molecule has 4 saturated heterocycles. The van der Waals surface area contributed by atoms with E-state index in [-0.39, 0.29) is 76.6 Å². The number of hydrogen-bond donors (Lipinski definition) is 12. The van der Waals surface area contributed by atoms with Gasteiger partial charge in [0.2, 0.25) is 71.4 Å². The first kappa shape index (κ1) is 81.5. The van der Waals surface area contributed by atoms with Crippen LogP contribution in [-0.4, -0.2) is 134 Å². The smallest absolute Gasteiger partial charge is 0.235 e. The lowest BCUT2D eigenvalue weighted by atomic mass is 9.92. The first-order chi connectivity index (χ1) is 58.5. The van der Waals surface area contributed by atoms with Gasteiger partial charge in [-0.15, -0.1) is 0 Å². The molecule has 4 atom stereocenters. The lowest BCUT2D eigenvalue weighted by Crippen LogP contribution is -2.25. The summed E-state index contributed by atoms with van der Waals surface area (Å²) in [6, 6.07) is 51.6. The van der Waals surface area contributed by atoms with Crippen LogP contribution in [0.2, 0.25) is 0 Å². The Morgan fingerprint density at radius 2 is 0.694 bits per heavy atom. The molecule has 121 heavy (non-hydrogen) atoms. The van der Waals surface area contributed by atoms with Crippen LogP contribution in [0, 0.1) is 23.3 Å². The van der Waals surface area contributed by atoms with Gasteiger partial charge in [0.1, 0.15) is 29.0 Å². The van der Waals surface area contributed by atoms with Crippen molar-refractivity contribution >= 4 is 94.7 Å². The number of aromatic nitrogens is 20. The minimum absolute atomic E-state index is 0.0466. The Labute approximate surface area is 694 Å². The van der Waals surface area contributed by atoms with Gasteiger partial charge in [-0.2, -0.15) is 80.2 Å². The fourth-order valence-corrected chi connectivity index (χ4v) is 14.8. The van der Waals surface area contributed by atoms with Crippen molar-refractivity contribution in [2.75, 3.05) is 97.1 Å². The summed E-state index contributed by atoms with van der Waals surface area (Å²) >= 11 is 0. The molecule has 6 aromatic carbocycles. The molecule has 37 heteroatoms. The Morgan fingerprint density at radius 3 is 1.02 bits per heavy atom. The molecule has 0 radical (unpaired) electrons. The Kier molecular flexibility index (Phi) is 24.5. The number of nitrogens with two attached hydrogens (primary N) is 4. The Bertz CT molecular complexity index is 5790. The molecule has 4 fully saturated rings. The van der Waals surface area contributed by atoms with E-state index in [1.807, 2.05) is 78.9 Å². The van der Waals surface area contributed by atoms with Gasteiger partial charge in [-0.25, -0.2) is 17.6 Å². The van der Waals surface area contributed by atoms with E-state index < -0.39 is 0 Å². The van der Waals surface area contributed by atoms with Crippen molar-refractivity contribution in [2.45, 2.75) is 121 Å². The van der Waals surface area contributed by atoms with Gasteiger partial charge in [-0.3, -0.25) is 20.4 Å². The highest BCUT2D eigenvalue weighted by molar-refractivity contribution is 5.68. The van der Waals surface area contributed by atoms with Gasteiger partial charge in [-0.05, 0) is 146 Å². The monoisotopic (exact) mass is 1640 g/mol. The van der Waals surface area contributed by atoms with Gasteiger partial charge in [0, 0.05) is 72.8 Å². The van der Waals surface area contributed by atoms with Crippen molar-refractivity contribution in [1.29, 1.82) is 0 Å². The van der Waals surface area contributed by atoms with Crippen LogP contribution in [0.25, 0.3) is 22.5 Å². The molecular formula is C84H92F4N32O. The fourth-order valence-electron chi connectivity index (χ4n) is 14.8. The summed E-state index contributed by atoms with van der Waals surface area (Å²) in [6.45, 7) is 13.6. The second kappa shape index (κ2) is 36.5. The molecule has 0 amide bonds. The minimum atomic E-state index is -0.258. The number of halogens is 4. The maximum Gasteiger partial charge on any atom is 0.235 e. The van der Waals surface area contributed by atoms with Gasteiger partial charge < -0.3 is 68.5 Å². The van der Waals surface area contributed by atoms with Crippen molar-refractivity contribution in [1.82, 2.24) is 101 Å². The van der Waals surface area contributed by atoms with E-state index in [1.54, 1.807) is 55.6 Å². The number of nitrogen functional groups attached to an aromatic ring is 4. The average Bonchev–Trinajstić information content (AvgIpc) is 1.68. The maximum atomic E-state index is 13.4. The SMILES string of the molecule is CC(C)(C)c1cc(Nc2nc(N)nc(N3CCCC3c3ccc(F)cc3)n2)n[nH]1.CC(C)c1cc(Nc2nc(N)nc(N3CCCC3c3ccc(F)cc3)n2)n[nH]1.COc1cccc(-c2cc(Nc3nc(N)nc(N4CCCC4c4ccc(F)cc4)n3)n[nH]2)c1.Nc1nc(Nc2cc(-c3ccccc3)[nH]n2)nc(N2CCCC2c2ccc(F)cc2)n1. The van der Waals surface area contributed by atoms with Crippen LogP contribution < -0.4 is 68.5 Å². The highest BCUT2D eigenvalue weighted by Crippen LogP contribution is 2.41. The number of methoxy groups -OCH3 is 1. The standard InChI is InChI=1S/C23H23FN8O.C22H21FN8.C20H25FN8.C19H23FN8/c1-33-17-5-2-4-15(12-17)18-13-20(31-30-18)26-22-27-21(25)28-23(29-22)32-11-3-6-19(32)14-7-9-16(24)10-8-14;23-16-10-8-15(9-11-16)18-7-4-12-31(18)22-27-20(24)26-21(28-22)25-19-13-17(29-30-19)14-5-2-1-3-6-14;1-20(2,3)15-11-16(28-27-15)23-18-24-17(22)25-19(26-18)29-10-4-5-14(29)12-6-8-13(21)9-7-12;1-11(2)14-10-16(27-26-14)22-18-23-17(21)24-19(25-18)28-9-3-4-15(28)12-5-7-13(20)8-6-12/h2,4-5,7-10,12-13,19H,3,6,11H2,1H3,(H4,25,26,27,28,29,30,31);1-3,5-6,8-11,13,18H,4,7,12H2,(H4,24,25,26,27,28,29,30);6-9,11,14H,4-5,10H2,1-3H3,(H4,22,23,24,25,26,27,28);5-8,10-11,15H,3-4,9H2,1-2H3,(H4,21,22,23,24,25,26,27). The Balaban J connectivity index is 0.000000126. The summed E-state index contributed by atoms with van der Waals surface area (Å²) in [5.74, 6) is 6.20. The lowest BCUT2D eigenvalue weighted by Gasteiger charge is -2.25. The lowest BCUT2D eigenvalue weighted by molar-refractivity contribution is 0.415. The van der Waals surface area contributed by atoms with E-state index in [0.29, 0.717) is 76.8 Å². The summed E-state index contributed by atoms with van der Waals surface area (Å²) in [5.41, 5.74) is 33.6. The minimum Gasteiger partial charge on any atom is -0.497 e. The summed E-state index contributed by atoms with van der Waals surface area (Å²) in [5, 5.41) is 41.5. The summed E-state index contributed by atoms with van der Waals surface area (Å²) in [7, 11) is 1.63. The Morgan fingerprint density at radius 1 is 0.372 bits per heavy atom. The van der Waals surface area contributed by atoms with Gasteiger partial charge in [0.05, 0.1) is 42.7 Å². The molecule has 4 aliphatic rings. The highest BCUT2D eigenvalue weighted by atomic mass is 19.1. The number of anilines is 16. The topological polar surface area (TPSA) is 444 Å². The number of ether oxygens (including phenoxy) is 1. The van der Waals surface area contributed by atoms with Crippen LogP contribution in [0.4, 0.5) is 112 Å². The molecule has 12 heterocycles. The third-order valence-corrected chi connectivity index (χ3v) is 20.8. The number of aromatic amines is 4. The van der Waals surface area contributed by atoms with Crippen LogP contribution in [-0.2, 0) is 5.41 Å². The van der Waals surface area contributed by atoms with Crippen molar-refractivity contribution in [2.24, 2.45) is 0 Å². The van der Waals surface area contributed by atoms with Crippen LogP contribution in [0.3, 0.4) is 0 Å². The van der Waals surface area contributed by atoms with E-state index in [9.17, 15) is 17.6 Å². The first-order valence-electron chi connectivity index (χ1n) is 39.7. The third kappa shape index (κ3) is 20.3. The van der Waals surface area contributed by atoms with Crippen molar-refractivity contribution in [3.8, 4) is 28.3 Å². The Hall–Kier alpha value is -14.7. The summed E-state index contributed by atoms with van der Waals surface area (Å²) in [4.78, 5) is 60.7. The molecule has 0 bridgehead atoms. The number of H-pyrrole nitrogens is 4. The largest absolute Gasteiger partial charge is 0.497 e. The van der Waals surface area contributed by atoms with E-state index in [4.69, 9.17) is 27.7 Å². The van der Waals surface area contributed by atoms with Crippen molar-refractivity contribution < 1.29 is 22.3 Å². The number of nitrogens with one attached hydrogen (secondary N) is 8. The second-order valence-corrected chi connectivity index (χ2v) is 30.6. The fraction of sp³-hybridized carbons (Fsp3) is 0.286. The third-order valence-electron chi connectivity index (χ3n) is 20.8. The normalized spacial score (nSPS) is 16.3. The van der Waals surface area contributed by atoms with Crippen molar-refractivity contribution in [3.05, 3.63) is 233 Å². The van der Waals surface area contributed by atoms with Gasteiger partial charge >= 0.3 is 0 Å². The zero-order chi connectivity index (χ0) is 84.3. The summed E-state index contributed by atoms with van der Waals surface area (Å²) in [6.07, 6.45) is 7.67. The van der Waals surface area contributed by atoms with Crippen molar-refractivity contribution in [3.63, 3.8) is 0 Å². The molecule has 33 nitrogen and oxygen atoms in total. The number of benzene rings is 6. The molecule has 16 N–H and O–H groups in total.